The Morgan fingerprint density at radius 2 is 1.23 bits per heavy atom. The number of rotatable bonds is 17. The highest BCUT2D eigenvalue weighted by Crippen LogP contribution is 2.40. The number of benzene rings is 3. The van der Waals surface area contributed by atoms with E-state index in [4.69, 9.17) is 23.4 Å². The van der Waals surface area contributed by atoms with Crippen molar-refractivity contribution in [1.82, 2.24) is 4.72 Å². The molecule has 8 atom stereocenters. The van der Waals surface area contributed by atoms with Crippen LogP contribution in [-0.2, 0) is 34.7 Å². The van der Waals surface area contributed by atoms with E-state index in [1.165, 1.54) is 11.8 Å². The molecule has 1 aliphatic rings. The minimum absolute atomic E-state index is 0.0853. The van der Waals surface area contributed by atoms with Crippen molar-refractivity contribution in [1.29, 1.82) is 0 Å². The topological polar surface area (TPSA) is 132 Å². The zero-order valence-electron chi connectivity index (χ0n) is 34.2. The Kier molecular flexibility index (Phi) is 16.4. The van der Waals surface area contributed by atoms with Crippen LogP contribution in [0.4, 0.5) is 0 Å². The van der Waals surface area contributed by atoms with Gasteiger partial charge in [-0.25, -0.2) is 14.4 Å². The maximum absolute atomic E-state index is 14.0. The molecule has 4 rings (SSSR count). The van der Waals surface area contributed by atoms with Gasteiger partial charge in [0.2, 0.25) is 0 Å². The number of carbonyl (C=O) groups excluding carboxylic acids is 3. The Bertz CT molecular complexity index is 1780. The zero-order chi connectivity index (χ0) is 42.0. The Labute approximate surface area is 346 Å². The van der Waals surface area contributed by atoms with E-state index < -0.39 is 84.3 Å². The molecule has 0 aromatic heterocycles. The Balaban J connectivity index is 1.89. The summed E-state index contributed by atoms with van der Waals surface area (Å²) in [5, 5.41) is -0.0853. The summed E-state index contributed by atoms with van der Waals surface area (Å²) in [6.07, 6.45) is -1.99. The second kappa shape index (κ2) is 20.3. The van der Waals surface area contributed by atoms with E-state index in [2.05, 4.69) is 51.7 Å². The molecule has 0 saturated carbocycles. The zero-order valence-corrected chi connectivity index (χ0v) is 36.8. The quantitative estimate of drug-likeness (QED) is 0.0461. The monoisotopic (exact) mass is 835 g/mol. The van der Waals surface area contributed by atoms with Gasteiger partial charge in [-0.1, -0.05) is 87.5 Å². The maximum atomic E-state index is 14.0. The maximum Gasteiger partial charge on any atom is 0.338 e. The van der Waals surface area contributed by atoms with Crippen molar-refractivity contribution in [3.63, 3.8) is 0 Å². The van der Waals surface area contributed by atoms with Crippen LogP contribution in [0.2, 0.25) is 18.1 Å². The van der Waals surface area contributed by atoms with E-state index in [1.54, 1.807) is 103 Å². The summed E-state index contributed by atoms with van der Waals surface area (Å²) in [4.78, 5) is 41.9. The molecule has 1 fully saturated rings. The first-order chi connectivity index (χ1) is 26.9. The van der Waals surface area contributed by atoms with E-state index in [-0.39, 0.29) is 28.1 Å². The van der Waals surface area contributed by atoms with Crippen molar-refractivity contribution in [2.24, 2.45) is 0 Å². The van der Waals surface area contributed by atoms with Gasteiger partial charge in [-0.15, -0.1) is 29.6 Å². The predicted octanol–water partition coefficient (Wildman–Crippen LogP) is 8.69. The summed E-state index contributed by atoms with van der Waals surface area (Å²) < 4.78 is 48.8. The number of esters is 3. The van der Waals surface area contributed by atoms with E-state index >= 15 is 0 Å². The highest BCUT2D eigenvalue weighted by molar-refractivity contribution is 7.99. The largest absolute Gasteiger partial charge is 0.598 e. The molecule has 13 heteroatoms. The van der Waals surface area contributed by atoms with Gasteiger partial charge in [0.1, 0.15) is 16.3 Å². The number of hydrogen-bond donors (Lipinski definition) is 1. The second-order valence-corrected chi connectivity index (χ2v) is 24.2. The summed E-state index contributed by atoms with van der Waals surface area (Å²) in [5.41, 5.74) is -0.283. The summed E-state index contributed by atoms with van der Waals surface area (Å²) >= 11 is -0.320. The standard InChI is InChI=1S/C44H57NO9S2Si/c1-11-22-34(45-56(49)43(3,4)5)35-36(50-39(46)30-23-16-13-17-24-30)37(51-40(47)31-25-18-14-19-26-31)38(52-41(48)32-27-20-15-21-28-32)42(53-35)55-29-33(12-2)54-57(9,10)44(6,7)8/h11-21,23-28,33-38,42,45H,1-2,22,29H2,3-10H3/t33?,34?,35-,36+,37+,38-,42-,56?/m1/s1. The molecule has 3 aromatic carbocycles. The Morgan fingerprint density at radius 1 is 0.789 bits per heavy atom. The second-order valence-electron chi connectivity index (χ2n) is 16.3. The van der Waals surface area contributed by atoms with Gasteiger partial charge in [-0.2, -0.15) is 0 Å². The van der Waals surface area contributed by atoms with Crippen LogP contribution in [0, 0.1) is 0 Å². The molecule has 0 bridgehead atoms. The molecule has 1 N–H and O–H groups in total. The predicted molar refractivity (Wildman–Crippen MR) is 230 cm³/mol. The first-order valence-electron chi connectivity index (χ1n) is 19.0. The fourth-order valence-corrected chi connectivity index (χ4v) is 9.08. The molecule has 0 aliphatic carbocycles. The van der Waals surface area contributed by atoms with Crippen LogP contribution in [0.1, 0.15) is 79.0 Å². The normalized spacial score (nSPS) is 21.7. The fourth-order valence-electron chi connectivity index (χ4n) is 5.62. The lowest BCUT2D eigenvalue weighted by Crippen LogP contribution is -2.66. The molecule has 3 unspecified atom stereocenters. The molecule has 10 nitrogen and oxygen atoms in total. The first kappa shape index (κ1) is 46.0. The fraction of sp³-hybridized carbons (Fsp3) is 0.432. The number of nitrogens with one attached hydrogen (secondary N) is 1. The molecular weight excluding hydrogens is 779 g/mol. The van der Waals surface area contributed by atoms with E-state index in [0.29, 0.717) is 5.75 Å². The van der Waals surface area contributed by atoms with Crippen molar-refractivity contribution in [3.8, 4) is 0 Å². The van der Waals surface area contributed by atoms with Crippen LogP contribution >= 0.6 is 11.8 Å². The molecule has 57 heavy (non-hydrogen) atoms. The van der Waals surface area contributed by atoms with Crippen molar-refractivity contribution < 1.29 is 42.3 Å². The van der Waals surface area contributed by atoms with Crippen LogP contribution in [0.15, 0.2) is 116 Å². The van der Waals surface area contributed by atoms with Gasteiger partial charge >= 0.3 is 17.9 Å². The lowest BCUT2D eigenvalue weighted by Gasteiger charge is -2.47. The van der Waals surface area contributed by atoms with E-state index in [0.717, 1.165) is 0 Å². The molecule has 1 heterocycles. The van der Waals surface area contributed by atoms with Gasteiger partial charge in [0.25, 0.3) is 0 Å². The lowest BCUT2D eigenvalue weighted by molar-refractivity contribution is -0.205. The van der Waals surface area contributed by atoms with Crippen LogP contribution in [-0.4, -0.2) is 83.3 Å². The average Bonchev–Trinajstić information content (AvgIpc) is 3.17. The van der Waals surface area contributed by atoms with Crippen molar-refractivity contribution in [2.45, 2.75) is 113 Å². The van der Waals surface area contributed by atoms with Crippen LogP contribution in [0.5, 0.6) is 0 Å². The average molecular weight is 836 g/mol. The van der Waals surface area contributed by atoms with Crippen LogP contribution in [0.3, 0.4) is 0 Å². The van der Waals surface area contributed by atoms with Crippen LogP contribution in [0.25, 0.3) is 0 Å². The smallest absolute Gasteiger partial charge is 0.338 e. The third-order valence-corrected chi connectivity index (χ3v) is 17.2. The Morgan fingerprint density at radius 3 is 1.63 bits per heavy atom. The molecular formula is C44H57NO9S2Si. The molecule has 308 valence electrons. The molecule has 0 radical (unpaired) electrons. The molecule has 0 amide bonds. The van der Waals surface area contributed by atoms with Crippen molar-refractivity contribution >= 4 is 49.3 Å². The highest BCUT2D eigenvalue weighted by atomic mass is 32.2. The van der Waals surface area contributed by atoms with Gasteiger partial charge in [-0.05, 0) is 81.7 Å². The lowest BCUT2D eigenvalue weighted by atomic mass is 9.92. The van der Waals surface area contributed by atoms with Crippen molar-refractivity contribution in [3.05, 3.63) is 133 Å². The van der Waals surface area contributed by atoms with Crippen molar-refractivity contribution in [2.75, 3.05) is 5.75 Å². The van der Waals surface area contributed by atoms with Gasteiger partial charge in [0.05, 0.1) is 28.8 Å². The Hall–Kier alpha value is -3.69. The first-order valence-corrected chi connectivity index (χ1v) is 24.1. The highest BCUT2D eigenvalue weighted by Gasteiger charge is 2.55. The third kappa shape index (κ3) is 12.6. The van der Waals surface area contributed by atoms with E-state index in [1.807, 2.05) is 20.8 Å². The summed E-state index contributed by atoms with van der Waals surface area (Å²) in [6.45, 7) is 24.2. The van der Waals surface area contributed by atoms with Crippen LogP contribution < -0.4 is 4.72 Å². The number of ether oxygens (including phenoxy) is 4. The molecule has 3 aromatic rings. The third-order valence-electron chi connectivity index (χ3n) is 9.86. The van der Waals surface area contributed by atoms with Gasteiger partial charge in [0.15, 0.2) is 26.6 Å². The molecule has 1 saturated heterocycles. The van der Waals surface area contributed by atoms with Gasteiger partial charge in [0, 0.05) is 17.1 Å². The van der Waals surface area contributed by atoms with E-state index in [9.17, 15) is 18.9 Å². The summed E-state index contributed by atoms with van der Waals surface area (Å²) in [6, 6.07) is 24.4. The minimum Gasteiger partial charge on any atom is -0.598 e. The van der Waals surface area contributed by atoms with Gasteiger partial charge < -0.3 is 27.9 Å². The summed E-state index contributed by atoms with van der Waals surface area (Å²) in [7, 11) is -2.27. The number of carbonyl (C=O) groups is 3. The summed E-state index contributed by atoms with van der Waals surface area (Å²) in [5.74, 6) is -1.83. The molecule has 0 spiro atoms. The molecule has 1 aliphatic heterocycles. The number of thioether (sulfide) groups is 1. The number of hydrogen-bond acceptors (Lipinski definition) is 11. The van der Waals surface area contributed by atoms with Gasteiger partial charge in [-0.3, -0.25) is 0 Å². The minimum atomic E-state index is -2.27. The SMILES string of the molecule is C=CCC(N[S+]([O-])C(C)(C)C)[C@H]1O[C@H](SCC(C=C)O[Si](C)(C)C(C)(C)C)[C@H](OC(=O)c2ccccc2)[C@@H](OC(=O)c2ccccc2)[C@H]1OC(=O)c1ccccc1.